The highest BCUT2D eigenvalue weighted by Gasteiger charge is 2.34. The summed E-state index contributed by atoms with van der Waals surface area (Å²) in [5.74, 6) is 0.0992. The van der Waals surface area contributed by atoms with Gasteiger partial charge in [-0.3, -0.25) is 19.8 Å². The molecule has 1 aliphatic heterocycles. The Morgan fingerprint density at radius 3 is 2.41 bits per heavy atom. The maximum atomic E-state index is 13.1. The SMILES string of the molecule is CCOc1ccc(OCC)c(/C=C2/C(=O)NC(=S)N(c3ccc(Br)cc3)C2=O)c1. The highest BCUT2D eigenvalue weighted by atomic mass is 79.9. The van der Waals surface area contributed by atoms with E-state index in [9.17, 15) is 9.59 Å². The number of nitrogens with zero attached hydrogens (tertiary/aromatic N) is 1. The van der Waals surface area contributed by atoms with Crippen LogP contribution in [0.1, 0.15) is 19.4 Å². The summed E-state index contributed by atoms with van der Waals surface area (Å²) in [7, 11) is 0. The van der Waals surface area contributed by atoms with Crippen LogP contribution in [0.15, 0.2) is 52.5 Å². The number of rotatable bonds is 6. The first-order chi connectivity index (χ1) is 13.9. The van der Waals surface area contributed by atoms with Crippen LogP contribution in [-0.2, 0) is 9.59 Å². The van der Waals surface area contributed by atoms with Gasteiger partial charge in [-0.25, -0.2) is 0 Å². The molecule has 0 aromatic heterocycles. The molecule has 0 spiro atoms. The maximum Gasteiger partial charge on any atom is 0.270 e. The zero-order valence-electron chi connectivity index (χ0n) is 15.9. The van der Waals surface area contributed by atoms with E-state index in [1.165, 1.54) is 11.0 Å². The fourth-order valence-electron chi connectivity index (χ4n) is 2.82. The molecule has 0 aliphatic carbocycles. The lowest BCUT2D eigenvalue weighted by Gasteiger charge is -2.29. The van der Waals surface area contributed by atoms with E-state index in [4.69, 9.17) is 21.7 Å². The number of ether oxygens (including phenoxy) is 2. The third kappa shape index (κ3) is 4.65. The molecule has 2 amide bonds. The van der Waals surface area contributed by atoms with Crippen molar-refractivity contribution >= 4 is 56.8 Å². The lowest BCUT2D eigenvalue weighted by molar-refractivity contribution is -0.122. The quantitative estimate of drug-likeness (QED) is 0.388. The molecule has 1 saturated heterocycles. The highest BCUT2D eigenvalue weighted by molar-refractivity contribution is 9.10. The van der Waals surface area contributed by atoms with E-state index in [2.05, 4.69) is 21.2 Å². The summed E-state index contributed by atoms with van der Waals surface area (Å²) in [4.78, 5) is 27.0. The molecule has 2 aromatic rings. The Balaban J connectivity index is 2.04. The molecule has 6 nitrogen and oxygen atoms in total. The second kappa shape index (κ2) is 9.19. The topological polar surface area (TPSA) is 67.9 Å². The first-order valence-electron chi connectivity index (χ1n) is 9.01. The van der Waals surface area contributed by atoms with Crippen LogP contribution >= 0.6 is 28.1 Å². The van der Waals surface area contributed by atoms with Crippen LogP contribution in [0, 0.1) is 0 Å². The van der Waals surface area contributed by atoms with Gasteiger partial charge in [0.2, 0.25) is 0 Å². The number of thiocarbonyl (C=S) groups is 1. The fraction of sp³-hybridized carbons (Fsp3) is 0.190. The van der Waals surface area contributed by atoms with Crippen molar-refractivity contribution in [2.75, 3.05) is 18.1 Å². The van der Waals surface area contributed by atoms with Gasteiger partial charge in [-0.05, 0) is 74.6 Å². The van der Waals surface area contributed by atoms with Crippen molar-refractivity contribution in [3.63, 3.8) is 0 Å². The molecular weight excluding hydrogens is 456 g/mol. The maximum absolute atomic E-state index is 13.1. The van der Waals surface area contributed by atoms with Gasteiger partial charge in [-0.15, -0.1) is 0 Å². The van der Waals surface area contributed by atoms with Crippen LogP contribution < -0.4 is 19.7 Å². The molecule has 1 heterocycles. The minimum Gasteiger partial charge on any atom is -0.494 e. The zero-order chi connectivity index (χ0) is 21.0. The molecular formula is C21H19BrN2O4S. The Morgan fingerprint density at radius 1 is 1.07 bits per heavy atom. The Hall–Kier alpha value is -2.71. The Morgan fingerprint density at radius 2 is 1.76 bits per heavy atom. The largest absolute Gasteiger partial charge is 0.494 e. The Bertz CT molecular complexity index is 989. The van der Waals surface area contributed by atoms with Crippen LogP contribution in [-0.4, -0.2) is 30.1 Å². The van der Waals surface area contributed by atoms with E-state index in [0.717, 1.165) is 4.47 Å². The standard InChI is InChI=1S/C21H19BrN2O4S/c1-3-27-16-9-10-18(28-4-2)13(11-16)12-17-19(25)23-21(29)24(20(17)26)15-7-5-14(22)6-8-15/h5-12H,3-4H2,1-2H3,(H,23,25,29)/b17-12-. The molecule has 2 aromatic carbocycles. The van der Waals surface area contributed by atoms with Gasteiger partial charge in [0.1, 0.15) is 17.1 Å². The van der Waals surface area contributed by atoms with Crippen molar-refractivity contribution in [3.8, 4) is 11.5 Å². The second-order valence-corrected chi connectivity index (χ2v) is 7.30. The highest BCUT2D eigenvalue weighted by Crippen LogP contribution is 2.29. The van der Waals surface area contributed by atoms with E-state index in [1.54, 1.807) is 42.5 Å². The smallest absolute Gasteiger partial charge is 0.270 e. The van der Waals surface area contributed by atoms with E-state index in [1.807, 2.05) is 13.8 Å². The van der Waals surface area contributed by atoms with Gasteiger partial charge < -0.3 is 9.47 Å². The van der Waals surface area contributed by atoms with Gasteiger partial charge in [-0.1, -0.05) is 15.9 Å². The Labute approximate surface area is 182 Å². The van der Waals surface area contributed by atoms with E-state index >= 15 is 0 Å². The van der Waals surface area contributed by atoms with Crippen LogP contribution in [0.5, 0.6) is 11.5 Å². The summed E-state index contributed by atoms with van der Waals surface area (Å²) in [5, 5.41) is 2.61. The number of carbonyl (C=O) groups is 2. The number of hydrogen-bond acceptors (Lipinski definition) is 5. The molecule has 0 bridgehead atoms. The number of benzene rings is 2. The van der Waals surface area contributed by atoms with Gasteiger partial charge >= 0.3 is 0 Å². The Kier molecular flexibility index (Phi) is 6.66. The summed E-state index contributed by atoms with van der Waals surface area (Å²) in [6.07, 6.45) is 1.50. The molecule has 150 valence electrons. The third-order valence-electron chi connectivity index (χ3n) is 4.08. The number of nitrogens with one attached hydrogen (secondary N) is 1. The summed E-state index contributed by atoms with van der Waals surface area (Å²) < 4.78 is 12.0. The summed E-state index contributed by atoms with van der Waals surface area (Å²) in [5.41, 5.74) is 1.08. The minimum absolute atomic E-state index is 0.0348. The third-order valence-corrected chi connectivity index (χ3v) is 4.89. The van der Waals surface area contributed by atoms with Crippen LogP contribution in [0.4, 0.5) is 5.69 Å². The first-order valence-corrected chi connectivity index (χ1v) is 10.2. The van der Waals surface area contributed by atoms with Crippen molar-refractivity contribution in [2.24, 2.45) is 0 Å². The van der Waals surface area contributed by atoms with Crippen molar-refractivity contribution in [3.05, 3.63) is 58.1 Å². The molecule has 1 aliphatic rings. The average molecular weight is 475 g/mol. The molecule has 0 radical (unpaired) electrons. The predicted octanol–water partition coefficient (Wildman–Crippen LogP) is 4.08. The lowest BCUT2D eigenvalue weighted by Crippen LogP contribution is -2.54. The van der Waals surface area contributed by atoms with Crippen molar-refractivity contribution < 1.29 is 19.1 Å². The number of anilines is 1. The lowest BCUT2D eigenvalue weighted by atomic mass is 10.1. The molecule has 1 fully saturated rings. The summed E-state index contributed by atoms with van der Waals surface area (Å²) in [6.45, 7) is 4.68. The van der Waals surface area contributed by atoms with Crippen LogP contribution in [0.3, 0.4) is 0 Å². The monoisotopic (exact) mass is 474 g/mol. The van der Waals surface area contributed by atoms with E-state index in [-0.39, 0.29) is 10.7 Å². The molecule has 29 heavy (non-hydrogen) atoms. The van der Waals surface area contributed by atoms with Crippen LogP contribution in [0.2, 0.25) is 0 Å². The molecule has 0 unspecified atom stereocenters. The fourth-order valence-corrected chi connectivity index (χ4v) is 3.37. The number of hydrogen-bond donors (Lipinski definition) is 1. The first kappa shape index (κ1) is 21.0. The average Bonchev–Trinajstić information content (AvgIpc) is 2.68. The molecule has 8 heteroatoms. The number of halogens is 1. The number of carbonyl (C=O) groups excluding carboxylic acids is 2. The molecule has 0 atom stereocenters. The van der Waals surface area contributed by atoms with Crippen LogP contribution in [0.25, 0.3) is 6.08 Å². The minimum atomic E-state index is -0.558. The van der Waals surface area contributed by atoms with Crippen molar-refractivity contribution in [1.29, 1.82) is 0 Å². The summed E-state index contributed by atoms with van der Waals surface area (Å²) >= 11 is 8.59. The number of amides is 2. The van der Waals surface area contributed by atoms with E-state index in [0.29, 0.717) is 36.0 Å². The van der Waals surface area contributed by atoms with Gasteiger partial charge in [-0.2, -0.15) is 0 Å². The molecule has 0 saturated carbocycles. The van der Waals surface area contributed by atoms with Crippen molar-refractivity contribution in [2.45, 2.75) is 13.8 Å². The van der Waals surface area contributed by atoms with Gasteiger partial charge in [0.15, 0.2) is 5.11 Å². The normalized spacial score (nSPS) is 15.5. The van der Waals surface area contributed by atoms with Crippen molar-refractivity contribution in [1.82, 2.24) is 5.32 Å². The van der Waals surface area contributed by atoms with Gasteiger partial charge in [0, 0.05) is 10.0 Å². The van der Waals surface area contributed by atoms with Gasteiger partial charge in [0.25, 0.3) is 11.8 Å². The zero-order valence-corrected chi connectivity index (χ0v) is 18.3. The summed E-state index contributed by atoms with van der Waals surface area (Å²) in [6, 6.07) is 12.3. The molecule has 3 rings (SSSR count). The van der Waals surface area contributed by atoms with Gasteiger partial charge in [0.05, 0.1) is 18.9 Å². The van der Waals surface area contributed by atoms with E-state index < -0.39 is 11.8 Å². The molecule has 1 N–H and O–H groups in total. The second-order valence-electron chi connectivity index (χ2n) is 6.00. The predicted molar refractivity (Wildman–Crippen MR) is 119 cm³/mol.